The third kappa shape index (κ3) is 2.94. The van der Waals surface area contributed by atoms with E-state index < -0.39 is 5.79 Å². The summed E-state index contributed by atoms with van der Waals surface area (Å²) < 4.78 is 10.8. The molecular formula is C14H19NO3S. The summed E-state index contributed by atoms with van der Waals surface area (Å²) in [7, 11) is 3.29. The Bertz CT molecular complexity index is 450. The Labute approximate surface area is 119 Å². The maximum Gasteiger partial charge on any atom is 0.254 e. The fraction of sp³-hybridized carbons (Fsp3) is 0.500. The molecule has 1 heterocycles. The van der Waals surface area contributed by atoms with Crippen molar-refractivity contribution >= 4 is 18.5 Å². The molecule has 0 aliphatic carbocycles. The van der Waals surface area contributed by atoms with Crippen LogP contribution in [-0.4, -0.2) is 43.9 Å². The lowest BCUT2D eigenvalue weighted by Gasteiger charge is -2.39. The first-order valence-electron chi connectivity index (χ1n) is 6.29. The predicted octanol–water partition coefficient (Wildman–Crippen LogP) is 2.20. The molecule has 1 aromatic rings. The highest BCUT2D eigenvalue weighted by Gasteiger charge is 2.36. The molecule has 5 heteroatoms. The number of amides is 1. The Morgan fingerprint density at radius 1 is 1.21 bits per heavy atom. The number of benzene rings is 1. The van der Waals surface area contributed by atoms with Crippen molar-refractivity contribution in [2.75, 3.05) is 27.3 Å². The number of nitrogens with zero attached hydrogens (tertiary/aromatic N) is 1. The van der Waals surface area contributed by atoms with E-state index in [4.69, 9.17) is 9.47 Å². The van der Waals surface area contributed by atoms with Crippen LogP contribution in [0.3, 0.4) is 0 Å². The second-order valence-electron chi connectivity index (χ2n) is 4.63. The van der Waals surface area contributed by atoms with Crippen molar-refractivity contribution < 1.29 is 14.3 Å². The summed E-state index contributed by atoms with van der Waals surface area (Å²) in [6.45, 7) is 1.26. The van der Waals surface area contributed by atoms with Gasteiger partial charge in [0.2, 0.25) is 0 Å². The molecule has 2 rings (SSSR count). The molecular weight excluding hydrogens is 262 g/mol. The molecule has 19 heavy (non-hydrogen) atoms. The van der Waals surface area contributed by atoms with E-state index in [1.165, 1.54) is 0 Å². The molecule has 1 aromatic carbocycles. The van der Waals surface area contributed by atoms with Gasteiger partial charge in [-0.25, -0.2) is 0 Å². The number of methoxy groups -OCH3 is 2. The number of ether oxygens (including phenoxy) is 2. The summed E-state index contributed by atoms with van der Waals surface area (Å²) in [5, 5.41) is 0. The molecule has 0 unspecified atom stereocenters. The number of thiol groups is 1. The van der Waals surface area contributed by atoms with E-state index >= 15 is 0 Å². The molecule has 0 aromatic heterocycles. The van der Waals surface area contributed by atoms with E-state index in [1.807, 2.05) is 23.1 Å². The van der Waals surface area contributed by atoms with Crippen molar-refractivity contribution in [2.45, 2.75) is 23.5 Å². The fourth-order valence-electron chi connectivity index (χ4n) is 2.37. The zero-order valence-electron chi connectivity index (χ0n) is 11.3. The van der Waals surface area contributed by atoms with Gasteiger partial charge in [0.05, 0.1) is 5.56 Å². The van der Waals surface area contributed by atoms with Crippen molar-refractivity contribution in [2.24, 2.45) is 0 Å². The van der Waals surface area contributed by atoms with Crippen LogP contribution in [0.5, 0.6) is 0 Å². The van der Waals surface area contributed by atoms with Gasteiger partial charge < -0.3 is 14.4 Å². The van der Waals surface area contributed by atoms with Crippen molar-refractivity contribution in [1.29, 1.82) is 0 Å². The molecule has 104 valence electrons. The Morgan fingerprint density at radius 2 is 1.79 bits per heavy atom. The second kappa shape index (κ2) is 5.94. The average Bonchev–Trinajstić information content (AvgIpc) is 2.47. The second-order valence-corrected chi connectivity index (χ2v) is 5.11. The minimum atomic E-state index is -0.544. The van der Waals surface area contributed by atoms with Crippen molar-refractivity contribution in [1.82, 2.24) is 4.90 Å². The molecule has 0 bridgehead atoms. The lowest BCUT2D eigenvalue weighted by atomic mass is 10.0. The minimum absolute atomic E-state index is 0.0198. The molecule has 0 saturated carbocycles. The van der Waals surface area contributed by atoms with Gasteiger partial charge in [-0.15, -0.1) is 12.6 Å². The summed E-state index contributed by atoms with van der Waals surface area (Å²) in [6.07, 6.45) is 1.36. The molecule has 0 atom stereocenters. The quantitative estimate of drug-likeness (QED) is 0.682. The highest BCUT2D eigenvalue weighted by molar-refractivity contribution is 7.80. The molecule has 1 saturated heterocycles. The monoisotopic (exact) mass is 281 g/mol. The van der Waals surface area contributed by atoms with Crippen LogP contribution < -0.4 is 0 Å². The van der Waals surface area contributed by atoms with Gasteiger partial charge in [-0.3, -0.25) is 4.79 Å². The van der Waals surface area contributed by atoms with Gasteiger partial charge in [0.15, 0.2) is 5.79 Å². The Kier molecular flexibility index (Phi) is 4.50. The van der Waals surface area contributed by atoms with Gasteiger partial charge in [-0.05, 0) is 12.1 Å². The van der Waals surface area contributed by atoms with Crippen LogP contribution in [0.25, 0.3) is 0 Å². The van der Waals surface area contributed by atoms with E-state index in [2.05, 4.69) is 12.6 Å². The summed E-state index contributed by atoms with van der Waals surface area (Å²) in [5.74, 6) is -0.525. The Morgan fingerprint density at radius 3 is 2.32 bits per heavy atom. The van der Waals surface area contributed by atoms with E-state index in [0.29, 0.717) is 36.4 Å². The zero-order valence-corrected chi connectivity index (χ0v) is 12.2. The number of hydrogen-bond acceptors (Lipinski definition) is 4. The van der Waals surface area contributed by atoms with Crippen LogP contribution in [0, 0.1) is 0 Å². The third-order valence-electron chi connectivity index (χ3n) is 3.69. The number of rotatable bonds is 3. The van der Waals surface area contributed by atoms with Crippen LogP contribution in [0.4, 0.5) is 0 Å². The summed E-state index contributed by atoms with van der Waals surface area (Å²) in [5.41, 5.74) is 0.646. The largest absolute Gasteiger partial charge is 0.353 e. The maximum absolute atomic E-state index is 12.4. The highest BCUT2D eigenvalue weighted by Crippen LogP contribution is 2.27. The molecule has 0 N–H and O–H groups in total. The number of piperidine rings is 1. The first-order chi connectivity index (χ1) is 9.12. The number of likely N-dealkylation sites (tertiary alicyclic amines) is 1. The van der Waals surface area contributed by atoms with Crippen LogP contribution in [0.2, 0.25) is 0 Å². The summed E-state index contributed by atoms with van der Waals surface area (Å²) >= 11 is 4.33. The SMILES string of the molecule is COC1(OC)CCN(C(=O)c2ccccc2S)CC1. The summed E-state index contributed by atoms with van der Waals surface area (Å²) in [6, 6.07) is 7.36. The Hall–Kier alpha value is -1.04. The smallest absolute Gasteiger partial charge is 0.254 e. The first kappa shape index (κ1) is 14.4. The molecule has 1 aliphatic heterocycles. The first-order valence-corrected chi connectivity index (χ1v) is 6.74. The summed E-state index contributed by atoms with van der Waals surface area (Å²) in [4.78, 5) is 14.9. The van der Waals surface area contributed by atoms with Gasteiger partial charge in [-0.2, -0.15) is 0 Å². The number of hydrogen-bond donors (Lipinski definition) is 1. The predicted molar refractivity (Wildman–Crippen MR) is 75.6 cm³/mol. The van der Waals surface area contributed by atoms with Gasteiger partial charge >= 0.3 is 0 Å². The minimum Gasteiger partial charge on any atom is -0.353 e. The van der Waals surface area contributed by atoms with E-state index in [9.17, 15) is 4.79 Å². The molecule has 4 nitrogen and oxygen atoms in total. The standard InChI is InChI=1S/C14H19NO3S/c1-17-14(18-2)7-9-15(10-8-14)13(16)11-5-3-4-6-12(11)19/h3-6,19H,7-10H2,1-2H3. The van der Waals surface area contributed by atoms with E-state index in [-0.39, 0.29) is 5.91 Å². The van der Waals surface area contributed by atoms with E-state index in [0.717, 1.165) is 0 Å². The number of carbonyl (C=O) groups excluding carboxylic acids is 1. The lowest BCUT2D eigenvalue weighted by molar-refractivity contribution is -0.226. The average molecular weight is 281 g/mol. The van der Waals surface area contributed by atoms with E-state index in [1.54, 1.807) is 20.3 Å². The van der Waals surface area contributed by atoms with Crippen LogP contribution in [0.15, 0.2) is 29.2 Å². The van der Waals surface area contributed by atoms with Crippen molar-refractivity contribution in [3.05, 3.63) is 29.8 Å². The molecule has 0 radical (unpaired) electrons. The topological polar surface area (TPSA) is 38.8 Å². The van der Waals surface area contributed by atoms with Gasteiger partial charge in [0.25, 0.3) is 5.91 Å². The van der Waals surface area contributed by atoms with Gasteiger partial charge in [-0.1, -0.05) is 12.1 Å². The van der Waals surface area contributed by atoms with Crippen LogP contribution in [-0.2, 0) is 9.47 Å². The zero-order chi connectivity index (χ0) is 13.9. The van der Waals surface area contributed by atoms with Crippen molar-refractivity contribution in [3.63, 3.8) is 0 Å². The van der Waals surface area contributed by atoms with Crippen LogP contribution >= 0.6 is 12.6 Å². The molecule has 1 amide bonds. The Balaban J connectivity index is 2.06. The normalized spacial score (nSPS) is 18.4. The maximum atomic E-state index is 12.4. The van der Waals surface area contributed by atoms with Gasteiger partial charge in [0, 0.05) is 45.0 Å². The van der Waals surface area contributed by atoms with Gasteiger partial charge in [0.1, 0.15) is 0 Å². The molecule has 0 spiro atoms. The number of carbonyl (C=O) groups is 1. The lowest BCUT2D eigenvalue weighted by Crippen LogP contribution is -2.48. The third-order valence-corrected chi connectivity index (χ3v) is 4.08. The van der Waals surface area contributed by atoms with Crippen LogP contribution in [0.1, 0.15) is 23.2 Å². The fourth-order valence-corrected chi connectivity index (χ4v) is 2.62. The molecule has 1 aliphatic rings. The highest BCUT2D eigenvalue weighted by atomic mass is 32.1. The molecule has 1 fully saturated rings. The van der Waals surface area contributed by atoms with Crippen molar-refractivity contribution in [3.8, 4) is 0 Å².